The Hall–Kier alpha value is -2.86. The molecule has 0 saturated heterocycles. The van der Waals surface area contributed by atoms with Crippen molar-refractivity contribution in [2.45, 2.75) is 26.2 Å². The van der Waals surface area contributed by atoms with E-state index < -0.39 is 0 Å². The molecule has 0 aliphatic rings. The highest BCUT2D eigenvalue weighted by molar-refractivity contribution is 7.21. The molecule has 33 heavy (non-hydrogen) atoms. The first-order valence-electron chi connectivity index (χ1n) is 10.6. The molecule has 5 aromatic rings. The van der Waals surface area contributed by atoms with Crippen LogP contribution in [0.1, 0.15) is 41.4 Å². The standard InChI is InChI=1S/C26H20Cl2N2O2S/c1-3-14(2)16-6-11-21-20(12-16)30-26(32-21)15-4-8-18(9-5-15)29-25(31)24-23(28)19-10-7-17(27)13-22(19)33-24/h4-14H,3H2,1-2H3,(H,29,31). The average Bonchev–Trinajstić information content (AvgIpc) is 3.39. The number of thiophene rings is 1. The summed E-state index contributed by atoms with van der Waals surface area (Å²) < 4.78 is 6.82. The number of amides is 1. The number of anilines is 1. The number of nitrogens with zero attached hydrogens (tertiary/aromatic N) is 1. The molecule has 0 spiro atoms. The molecule has 1 atom stereocenters. The van der Waals surface area contributed by atoms with Crippen molar-refractivity contribution >= 4 is 67.3 Å². The summed E-state index contributed by atoms with van der Waals surface area (Å²) in [6, 6.07) is 19.0. The first-order chi connectivity index (χ1) is 15.9. The number of hydrogen-bond donors (Lipinski definition) is 1. The molecular formula is C26H20Cl2N2O2S. The smallest absolute Gasteiger partial charge is 0.267 e. The van der Waals surface area contributed by atoms with Gasteiger partial charge in [0.05, 0.1) is 5.02 Å². The van der Waals surface area contributed by atoms with Gasteiger partial charge in [0.15, 0.2) is 5.58 Å². The normalized spacial score (nSPS) is 12.4. The topological polar surface area (TPSA) is 55.1 Å². The fraction of sp³-hybridized carbons (Fsp3) is 0.154. The molecule has 1 unspecified atom stereocenters. The minimum absolute atomic E-state index is 0.260. The Kier molecular flexibility index (Phi) is 5.87. The van der Waals surface area contributed by atoms with Crippen molar-refractivity contribution in [1.82, 2.24) is 4.98 Å². The SMILES string of the molecule is CCC(C)c1ccc2oc(-c3ccc(NC(=O)c4sc5cc(Cl)ccc5c4Cl)cc3)nc2c1. The van der Waals surface area contributed by atoms with Gasteiger partial charge in [0.25, 0.3) is 5.91 Å². The maximum atomic E-state index is 12.8. The Morgan fingerprint density at radius 3 is 2.64 bits per heavy atom. The number of benzene rings is 3. The largest absolute Gasteiger partial charge is 0.436 e. The van der Waals surface area contributed by atoms with E-state index >= 15 is 0 Å². The van der Waals surface area contributed by atoms with Crippen molar-refractivity contribution in [1.29, 1.82) is 0 Å². The van der Waals surface area contributed by atoms with Gasteiger partial charge in [-0.25, -0.2) is 4.98 Å². The number of aromatic nitrogens is 1. The lowest BCUT2D eigenvalue weighted by molar-refractivity contribution is 0.103. The summed E-state index contributed by atoms with van der Waals surface area (Å²) in [4.78, 5) is 17.9. The van der Waals surface area contributed by atoms with Gasteiger partial charge in [-0.2, -0.15) is 0 Å². The Morgan fingerprint density at radius 1 is 1.09 bits per heavy atom. The third-order valence-electron chi connectivity index (χ3n) is 5.78. The Balaban J connectivity index is 1.36. The van der Waals surface area contributed by atoms with Crippen LogP contribution in [0, 0.1) is 0 Å². The predicted octanol–water partition coefficient (Wildman–Crippen LogP) is 8.78. The lowest BCUT2D eigenvalue weighted by Crippen LogP contribution is -2.10. The van der Waals surface area contributed by atoms with Gasteiger partial charge in [-0.05, 0) is 66.4 Å². The average molecular weight is 495 g/mol. The molecule has 2 aromatic heterocycles. The van der Waals surface area contributed by atoms with Crippen molar-refractivity contribution in [3.8, 4) is 11.5 Å². The van der Waals surface area contributed by atoms with E-state index in [4.69, 9.17) is 27.6 Å². The monoisotopic (exact) mass is 494 g/mol. The van der Waals surface area contributed by atoms with Gasteiger partial charge in [-0.1, -0.05) is 49.2 Å². The zero-order valence-electron chi connectivity index (χ0n) is 18.0. The summed E-state index contributed by atoms with van der Waals surface area (Å²) in [7, 11) is 0. The van der Waals surface area contributed by atoms with Gasteiger partial charge in [-0.15, -0.1) is 11.3 Å². The molecule has 3 aromatic carbocycles. The van der Waals surface area contributed by atoms with Crippen LogP contribution in [0.3, 0.4) is 0 Å². The minimum atomic E-state index is -0.260. The molecule has 0 aliphatic carbocycles. The van der Waals surface area contributed by atoms with Gasteiger partial charge in [0, 0.05) is 26.4 Å². The van der Waals surface area contributed by atoms with Crippen LogP contribution in [-0.2, 0) is 0 Å². The van der Waals surface area contributed by atoms with E-state index in [1.165, 1.54) is 16.9 Å². The molecular weight excluding hydrogens is 475 g/mol. The molecule has 0 aliphatic heterocycles. The summed E-state index contributed by atoms with van der Waals surface area (Å²) in [5, 5.41) is 4.77. The van der Waals surface area contributed by atoms with E-state index in [9.17, 15) is 4.79 Å². The van der Waals surface area contributed by atoms with E-state index in [1.807, 2.05) is 42.5 Å². The second kappa shape index (κ2) is 8.82. The van der Waals surface area contributed by atoms with Crippen LogP contribution in [-0.4, -0.2) is 10.9 Å². The molecule has 5 rings (SSSR count). The third kappa shape index (κ3) is 4.24. The number of carbonyl (C=O) groups excluding carboxylic acids is 1. The van der Waals surface area contributed by atoms with Gasteiger partial charge in [0.2, 0.25) is 5.89 Å². The molecule has 0 fully saturated rings. The zero-order chi connectivity index (χ0) is 23.1. The van der Waals surface area contributed by atoms with Gasteiger partial charge in [0.1, 0.15) is 10.4 Å². The first kappa shape index (κ1) is 22.0. The predicted molar refractivity (Wildman–Crippen MR) is 138 cm³/mol. The van der Waals surface area contributed by atoms with Crippen LogP contribution in [0.2, 0.25) is 10.0 Å². The number of fused-ring (bicyclic) bond motifs is 2. The zero-order valence-corrected chi connectivity index (χ0v) is 20.3. The third-order valence-corrected chi connectivity index (χ3v) is 7.67. The molecule has 0 radical (unpaired) electrons. The van der Waals surface area contributed by atoms with Crippen LogP contribution >= 0.6 is 34.5 Å². The van der Waals surface area contributed by atoms with E-state index in [0.29, 0.717) is 32.4 Å². The van der Waals surface area contributed by atoms with Crippen molar-refractivity contribution < 1.29 is 9.21 Å². The highest BCUT2D eigenvalue weighted by Crippen LogP contribution is 2.37. The van der Waals surface area contributed by atoms with Crippen molar-refractivity contribution in [3.05, 3.63) is 81.1 Å². The number of nitrogens with one attached hydrogen (secondary N) is 1. The highest BCUT2D eigenvalue weighted by Gasteiger charge is 2.18. The number of oxazole rings is 1. The second-order valence-electron chi connectivity index (χ2n) is 7.97. The molecule has 7 heteroatoms. The lowest BCUT2D eigenvalue weighted by Gasteiger charge is -2.07. The fourth-order valence-electron chi connectivity index (χ4n) is 3.68. The van der Waals surface area contributed by atoms with Gasteiger partial charge < -0.3 is 9.73 Å². The Morgan fingerprint density at radius 2 is 1.88 bits per heavy atom. The van der Waals surface area contributed by atoms with E-state index in [1.54, 1.807) is 6.07 Å². The van der Waals surface area contributed by atoms with Crippen LogP contribution in [0.4, 0.5) is 5.69 Å². The molecule has 2 heterocycles. The Labute approximate surface area is 205 Å². The molecule has 0 bridgehead atoms. The van der Waals surface area contributed by atoms with E-state index in [0.717, 1.165) is 33.2 Å². The maximum absolute atomic E-state index is 12.8. The summed E-state index contributed by atoms with van der Waals surface area (Å²) >= 11 is 13.8. The first-order valence-corrected chi connectivity index (χ1v) is 12.2. The van der Waals surface area contributed by atoms with Gasteiger partial charge >= 0.3 is 0 Å². The summed E-state index contributed by atoms with van der Waals surface area (Å²) in [6.07, 6.45) is 1.07. The molecule has 1 N–H and O–H groups in total. The molecule has 0 saturated carbocycles. The molecule has 4 nitrogen and oxygen atoms in total. The summed E-state index contributed by atoms with van der Waals surface area (Å²) in [5.74, 6) is 0.766. The fourth-order valence-corrected chi connectivity index (χ4v) is 5.37. The number of halogens is 2. The Bertz CT molecular complexity index is 1490. The maximum Gasteiger partial charge on any atom is 0.267 e. The lowest BCUT2D eigenvalue weighted by atomic mass is 9.98. The van der Waals surface area contributed by atoms with Crippen LogP contribution < -0.4 is 5.32 Å². The number of rotatable bonds is 5. The molecule has 1 amide bonds. The van der Waals surface area contributed by atoms with Crippen molar-refractivity contribution in [3.63, 3.8) is 0 Å². The summed E-state index contributed by atoms with van der Waals surface area (Å²) in [6.45, 7) is 4.38. The minimum Gasteiger partial charge on any atom is -0.436 e. The quantitative estimate of drug-likeness (QED) is 0.265. The second-order valence-corrected chi connectivity index (χ2v) is 9.84. The number of carbonyl (C=O) groups is 1. The summed E-state index contributed by atoms with van der Waals surface area (Å²) in [5.41, 5.74) is 4.35. The van der Waals surface area contributed by atoms with E-state index in [2.05, 4.69) is 36.3 Å². The van der Waals surface area contributed by atoms with Gasteiger partial charge in [-0.3, -0.25) is 4.79 Å². The van der Waals surface area contributed by atoms with Crippen LogP contribution in [0.5, 0.6) is 0 Å². The highest BCUT2D eigenvalue weighted by atomic mass is 35.5. The van der Waals surface area contributed by atoms with Crippen LogP contribution in [0.25, 0.3) is 32.6 Å². The van der Waals surface area contributed by atoms with Crippen molar-refractivity contribution in [2.75, 3.05) is 5.32 Å². The van der Waals surface area contributed by atoms with E-state index in [-0.39, 0.29) is 5.91 Å². The van der Waals surface area contributed by atoms with Crippen LogP contribution in [0.15, 0.2) is 65.1 Å². The van der Waals surface area contributed by atoms with Crippen molar-refractivity contribution in [2.24, 2.45) is 0 Å². The number of hydrogen-bond acceptors (Lipinski definition) is 4. The molecule has 166 valence electrons.